The number of hydrogen-bond donors (Lipinski definition) is 1. The smallest absolute Gasteiger partial charge is 0.223 e. The minimum Gasteiger partial charge on any atom is -0.497 e. The SMILES string of the molecule is COc1cccc(CNc2nccc(-c3cc(N4CCN(CCCN5CCC5)CC4)c4cc(C)ccc4c3)n2)c1. The number of nitrogens with zero attached hydrogens (tertiary/aromatic N) is 5. The summed E-state index contributed by atoms with van der Waals surface area (Å²) in [5.74, 6) is 1.47. The van der Waals surface area contributed by atoms with Crippen molar-refractivity contribution in [1.29, 1.82) is 0 Å². The first-order chi connectivity index (χ1) is 19.6. The van der Waals surface area contributed by atoms with Crippen LogP contribution in [0.3, 0.4) is 0 Å². The number of nitrogens with one attached hydrogen (secondary N) is 1. The van der Waals surface area contributed by atoms with E-state index in [1.54, 1.807) is 7.11 Å². The van der Waals surface area contributed by atoms with E-state index in [4.69, 9.17) is 9.72 Å². The zero-order valence-electron chi connectivity index (χ0n) is 23.8. The highest BCUT2D eigenvalue weighted by atomic mass is 16.5. The summed E-state index contributed by atoms with van der Waals surface area (Å²) < 4.78 is 5.36. The van der Waals surface area contributed by atoms with Gasteiger partial charge in [-0.25, -0.2) is 9.97 Å². The van der Waals surface area contributed by atoms with Gasteiger partial charge >= 0.3 is 0 Å². The van der Waals surface area contributed by atoms with Crippen molar-refractivity contribution in [3.8, 4) is 17.0 Å². The fourth-order valence-electron chi connectivity index (χ4n) is 5.77. The van der Waals surface area contributed by atoms with Gasteiger partial charge in [0.1, 0.15) is 5.75 Å². The zero-order chi connectivity index (χ0) is 27.3. The normalized spacial score (nSPS) is 16.2. The number of fused-ring (bicyclic) bond motifs is 1. The molecule has 0 saturated carbocycles. The summed E-state index contributed by atoms with van der Waals surface area (Å²) in [5.41, 5.74) is 5.76. The number of piperazine rings is 1. The molecular weight excluding hydrogens is 496 g/mol. The molecule has 6 rings (SSSR count). The van der Waals surface area contributed by atoms with Gasteiger partial charge < -0.3 is 19.9 Å². The van der Waals surface area contributed by atoms with Crippen molar-refractivity contribution in [3.05, 3.63) is 78.0 Å². The molecule has 2 saturated heterocycles. The van der Waals surface area contributed by atoms with Crippen molar-refractivity contribution in [2.24, 2.45) is 0 Å². The summed E-state index contributed by atoms with van der Waals surface area (Å²) >= 11 is 0. The number of methoxy groups -OCH3 is 1. The summed E-state index contributed by atoms with van der Waals surface area (Å²) in [6.45, 7) is 12.2. The Morgan fingerprint density at radius 1 is 0.875 bits per heavy atom. The van der Waals surface area contributed by atoms with E-state index < -0.39 is 0 Å². The molecule has 0 atom stereocenters. The van der Waals surface area contributed by atoms with Gasteiger partial charge in [0.15, 0.2) is 0 Å². The molecule has 0 spiro atoms. The van der Waals surface area contributed by atoms with Crippen LogP contribution in [0.4, 0.5) is 11.6 Å². The van der Waals surface area contributed by atoms with Crippen LogP contribution in [0.2, 0.25) is 0 Å². The maximum absolute atomic E-state index is 5.36. The van der Waals surface area contributed by atoms with Crippen LogP contribution in [-0.2, 0) is 6.54 Å². The summed E-state index contributed by atoms with van der Waals surface area (Å²) in [4.78, 5) is 17.2. The van der Waals surface area contributed by atoms with Crippen LogP contribution in [0.5, 0.6) is 5.75 Å². The first kappa shape index (κ1) is 26.5. The number of aryl methyl sites for hydroxylation is 1. The van der Waals surface area contributed by atoms with E-state index in [9.17, 15) is 0 Å². The lowest BCUT2D eigenvalue weighted by atomic mass is 10.00. The van der Waals surface area contributed by atoms with Gasteiger partial charge in [-0.15, -0.1) is 0 Å². The third kappa shape index (κ3) is 6.21. The van der Waals surface area contributed by atoms with E-state index in [0.717, 1.165) is 48.7 Å². The molecule has 208 valence electrons. The second-order valence-corrected chi connectivity index (χ2v) is 11.1. The van der Waals surface area contributed by atoms with Crippen molar-refractivity contribution in [2.45, 2.75) is 26.3 Å². The maximum atomic E-state index is 5.36. The fourth-order valence-corrected chi connectivity index (χ4v) is 5.77. The zero-order valence-corrected chi connectivity index (χ0v) is 23.8. The quantitative estimate of drug-likeness (QED) is 0.290. The second kappa shape index (κ2) is 12.2. The Kier molecular flexibility index (Phi) is 8.11. The number of ether oxygens (including phenoxy) is 1. The molecule has 1 aromatic heterocycles. The number of anilines is 2. The minimum absolute atomic E-state index is 0.623. The molecule has 0 amide bonds. The monoisotopic (exact) mass is 536 g/mol. The van der Waals surface area contributed by atoms with E-state index >= 15 is 0 Å². The molecule has 7 nitrogen and oxygen atoms in total. The van der Waals surface area contributed by atoms with Crippen molar-refractivity contribution in [2.75, 3.05) is 69.7 Å². The van der Waals surface area contributed by atoms with Crippen LogP contribution in [-0.4, -0.2) is 79.2 Å². The molecule has 0 aliphatic carbocycles. The van der Waals surface area contributed by atoms with Crippen molar-refractivity contribution in [3.63, 3.8) is 0 Å². The lowest BCUT2D eigenvalue weighted by Gasteiger charge is -2.37. The lowest BCUT2D eigenvalue weighted by Crippen LogP contribution is -2.47. The van der Waals surface area contributed by atoms with Gasteiger partial charge in [0.2, 0.25) is 5.95 Å². The molecule has 0 bridgehead atoms. The Labute approximate surface area is 237 Å². The van der Waals surface area contributed by atoms with Crippen LogP contribution in [0.25, 0.3) is 22.0 Å². The molecule has 1 N–H and O–H groups in total. The highest BCUT2D eigenvalue weighted by Crippen LogP contribution is 2.34. The highest BCUT2D eigenvalue weighted by Gasteiger charge is 2.21. The summed E-state index contributed by atoms with van der Waals surface area (Å²) in [7, 11) is 1.69. The molecule has 7 heteroatoms. The summed E-state index contributed by atoms with van der Waals surface area (Å²) in [5, 5.41) is 5.95. The van der Waals surface area contributed by atoms with Crippen LogP contribution in [0.15, 0.2) is 66.9 Å². The van der Waals surface area contributed by atoms with Gasteiger partial charge in [0.05, 0.1) is 12.8 Å². The number of aromatic nitrogens is 2. The predicted molar refractivity (Wildman–Crippen MR) is 164 cm³/mol. The molecule has 4 aromatic rings. The molecule has 2 aliphatic heterocycles. The third-order valence-corrected chi connectivity index (χ3v) is 8.23. The standard InChI is InChI=1S/C33H40N6O/c1-25-8-9-27-22-28(31-10-11-34-33(36-31)35-24-26-6-3-7-29(21-26)40-2)23-32(30(27)20-25)39-18-16-38(17-19-39)15-5-14-37-12-4-13-37/h3,6-11,20-23H,4-5,12-19,24H2,1-2H3,(H,34,35,36). The molecule has 0 radical (unpaired) electrons. The average molecular weight is 537 g/mol. The Morgan fingerprint density at radius 2 is 1.70 bits per heavy atom. The van der Waals surface area contributed by atoms with Gasteiger partial charge in [0, 0.05) is 55.6 Å². The second-order valence-electron chi connectivity index (χ2n) is 11.1. The number of benzene rings is 3. The van der Waals surface area contributed by atoms with E-state index in [1.807, 2.05) is 30.5 Å². The molecule has 2 aliphatic rings. The molecule has 0 unspecified atom stereocenters. The third-order valence-electron chi connectivity index (χ3n) is 8.23. The number of rotatable bonds is 10. The van der Waals surface area contributed by atoms with Crippen LogP contribution in [0, 0.1) is 6.92 Å². The van der Waals surface area contributed by atoms with Gasteiger partial charge in [-0.1, -0.05) is 29.8 Å². The van der Waals surface area contributed by atoms with E-state index in [1.165, 1.54) is 61.0 Å². The van der Waals surface area contributed by atoms with Gasteiger partial charge in [-0.05, 0) is 93.3 Å². The molecule has 40 heavy (non-hydrogen) atoms. The van der Waals surface area contributed by atoms with Gasteiger partial charge in [-0.2, -0.15) is 0 Å². The average Bonchev–Trinajstić information content (AvgIpc) is 2.97. The van der Waals surface area contributed by atoms with Crippen molar-refractivity contribution in [1.82, 2.24) is 19.8 Å². The Bertz CT molecular complexity index is 1440. The van der Waals surface area contributed by atoms with Gasteiger partial charge in [-0.3, -0.25) is 4.90 Å². The maximum Gasteiger partial charge on any atom is 0.223 e. The van der Waals surface area contributed by atoms with E-state index in [0.29, 0.717) is 12.5 Å². The first-order valence-corrected chi connectivity index (χ1v) is 14.6. The highest BCUT2D eigenvalue weighted by molar-refractivity contribution is 5.98. The number of likely N-dealkylation sites (tertiary alicyclic amines) is 1. The molecule has 3 aromatic carbocycles. The lowest BCUT2D eigenvalue weighted by molar-refractivity contribution is 0.163. The first-order valence-electron chi connectivity index (χ1n) is 14.6. The van der Waals surface area contributed by atoms with Crippen molar-refractivity contribution < 1.29 is 4.74 Å². The topological polar surface area (TPSA) is 56.8 Å². The van der Waals surface area contributed by atoms with Crippen molar-refractivity contribution >= 4 is 22.4 Å². The number of hydrogen-bond acceptors (Lipinski definition) is 7. The molecule has 3 heterocycles. The Morgan fingerprint density at radius 3 is 2.48 bits per heavy atom. The predicted octanol–water partition coefficient (Wildman–Crippen LogP) is 5.44. The molecule has 2 fully saturated rings. The Balaban J connectivity index is 1.19. The summed E-state index contributed by atoms with van der Waals surface area (Å²) in [6, 6.07) is 21.4. The van der Waals surface area contributed by atoms with E-state index in [-0.39, 0.29) is 0 Å². The van der Waals surface area contributed by atoms with Crippen LogP contribution < -0.4 is 15.0 Å². The summed E-state index contributed by atoms with van der Waals surface area (Å²) in [6.07, 6.45) is 4.50. The minimum atomic E-state index is 0.623. The van der Waals surface area contributed by atoms with E-state index in [2.05, 4.69) is 68.3 Å². The van der Waals surface area contributed by atoms with Gasteiger partial charge in [0.25, 0.3) is 0 Å². The Hall–Kier alpha value is -3.68. The fraction of sp³-hybridized carbons (Fsp3) is 0.394. The molecular formula is C33H40N6O. The van der Waals surface area contributed by atoms with Crippen LogP contribution >= 0.6 is 0 Å². The largest absolute Gasteiger partial charge is 0.497 e. The van der Waals surface area contributed by atoms with Crippen LogP contribution in [0.1, 0.15) is 24.0 Å².